The van der Waals surface area contributed by atoms with Gasteiger partial charge >= 0.3 is 0 Å². The summed E-state index contributed by atoms with van der Waals surface area (Å²) in [6.07, 6.45) is 10.8. The summed E-state index contributed by atoms with van der Waals surface area (Å²) in [5.74, 6) is 0.437. The molecule has 1 aromatic rings. The molecule has 86 valence electrons. The average Bonchev–Trinajstić information content (AvgIpc) is 2.29. The van der Waals surface area contributed by atoms with E-state index in [0.29, 0.717) is 11.2 Å². The standard InChI is InChI=1S/C15H20O/c16-14-5-4-12-6-9-15(11-13(12)10-14)7-2-1-3-8-15/h4-5,10,16H,1-3,6-9,11H2. The molecule has 0 bridgehead atoms. The van der Waals surface area contributed by atoms with Crippen LogP contribution in [0.15, 0.2) is 18.2 Å². The number of phenolic OH excluding ortho intramolecular Hbond substituents is 1. The number of aromatic hydroxyl groups is 1. The Hall–Kier alpha value is -0.980. The van der Waals surface area contributed by atoms with Gasteiger partial charge in [0.15, 0.2) is 0 Å². The molecule has 1 nitrogen and oxygen atoms in total. The van der Waals surface area contributed by atoms with E-state index in [0.717, 1.165) is 0 Å². The first-order valence-electron chi connectivity index (χ1n) is 6.58. The molecule has 0 aliphatic heterocycles. The highest BCUT2D eigenvalue weighted by atomic mass is 16.3. The molecule has 1 aromatic carbocycles. The molecule has 3 rings (SSSR count). The molecule has 2 aliphatic carbocycles. The summed E-state index contributed by atoms with van der Waals surface area (Å²) in [4.78, 5) is 0. The van der Waals surface area contributed by atoms with Crippen molar-refractivity contribution in [3.05, 3.63) is 29.3 Å². The molecule has 0 radical (unpaired) electrons. The fourth-order valence-electron chi connectivity index (χ4n) is 3.64. The molecule has 1 saturated carbocycles. The van der Waals surface area contributed by atoms with Crippen molar-refractivity contribution in [2.24, 2.45) is 5.41 Å². The molecular weight excluding hydrogens is 196 g/mol. The Balaban J connectivity index is 1.89. The minimum atomic E-state index is 0.437. The largest absolute Gasteiger partial charge is 0.508 e. The smallest absolute Gasteiger partial charge is 0.115 e. The summed E-state index contributed by atoms with van der Waals surface area (Å²) < 4.78 is 0. The van der Waals surface area contributed by atoms with Gasteiger partial charge in [0.1, 0.15) is 5.75 Å². The van der Waals surface area contributed by atoms with Crippen LogP contribution in [0.5, 0.6) is 5.75 Å². The van der Waals surface area contributed by atoms with E-state index in [4.69, 9.17) is 0 Å². The van der Waals surface area contributed by atoms with E-state index in [1.54, 1.807) is 0 Å². The topological polar surface area (TPSA) is 20.2 Å². The van der Waals surface area contributed by atoms with Crippen LogP contribution in [0, 0.1) is 5.41 Å². The van der Waals surface area contributed by atoms with Gasteiger partial charge in [-0.05, 0) is 60.8 Å². The molecule has 0 atom stereocenters. The molecule has 1 N–H and O–H groups in total. The molecule has 0 heterocycles. The number of fused-ring (bicyclic) bond motifs is 1. The Morgan fingerprint density at radius 2 is 1.75 bits per heavy atom. The van der Waals surface area contributed by atoms with Crippen LogP contribution in [0.1, 0.15) is 49.7 Å². The van der Waals surface area contributed by atoms with Gasteiger partial charge in [0.05, 0.1) is 0 Å². The van der Waals surface area contributed by atoms with Crippen LogP contribution in [0.2, 0.25) is 0 Å². The average molecular weight is 216 g/mol. The highest BCUT2D eigenvalue weighted by Crippen LogP contribution is 2.46. The third kappa shape index (κ3) is 1.73. The zero-order chi connectivity index (χ0) is 11.0. The lowest BCUT2D eigenvalue weighted by Gasteiger charge is -2.41. The van der Waals surface area contributed by atoms with Crippen molar-refractivity contribution in [3.63, 3.8) is 0 Å². The van der Waals surface area contributed by atoms with Crippen molar-refractivity contribution >= 4 is 0 Å². The van der Waals surface area contributed by atoms with Gasteiger partial charge in [-0.15, -0.1) is 0 Å². The van der Waals surface area contributed by atoms with Gasteiger partial charge < -0.3 is 5.11 Å². The quantitative estimate of drug-likeness (QED) is 0.698. The predicted molar refractivity (Wildman–Crippen MR) is 65.6 cm³/mol. The molecule has 16 heavy (non-hydrogen) atoms. The van der Waals surface area contributed by atoms with E-state index in [9.17, 15) is 5.11 Å². The van der Waals surface area contributed by atoms with Crippen molar-refractivity contribution < 1.29 is 5.11 Å². The van der Waals surface area contributed by atoms with Crippen LogP contribution in [0.3, 0.4) is 0 Å². The lowest BCUT2D eigenvalue weighted by Crippen LogP contribution is -2.31. The molecule has 0 saturated heterocycles. The lowest BCUT2D eigenvalue weighted by molar-refractivity contribution is 0.162. The van der Waals surface area contributed by atoms with E-state index >= 15 is 0 Å². The highest BCUT2D eigenvalue weighted by molar-refractivity contribution is 5.37. The molecule has 2 aliphatic rings. The van der Waals surface area contributed by atoms with Gasteiger partial charge in [-0.25, -0.2) is 0 Å². The second-order valence-corrected chi connectivity index (χ2v) is 5.69. The minimum absolute atomic E-state index is 0.437. The van der Waals surface area contributed by atoms with Gasteiger partial charge in [0.2, 0.25) is 0 Å². The summed E-state index contributed by atoms with van der Waals surface area (Å²) in [6.45, 7) is 0. The first kappa shape index (κ1) is 10.2. The van der Waals surface area contributed by atoms with Crippen LogP contribution >= 0.6 is 0 Å². The molecule has 1 spiro atoms. The number of benzene rings is 1. The van der Waals surface area contributed by atoms with E-state index in [1.807, 2.05) is 12.1 Å². The molecular formula is C15H20O. The van der Waals surface area contributed by atoms with Crippen LogP contribution in [-0.2, 0) is 12.8 Å². The van der Waals surface area contributed by atoms with Gasteiger partial charge in [-0.3, -0.25) is 0 Å². The zero-order valence-corrected chi connectivity index (χ0v) is 9.84. The molecule has 0 aromatic heterocycles. The fourth-order valence-corrected chi connectivity index (χ4v) is 3.64. The van der Waals surface area contributed by atoms with Crippen molar-refractivity contribution in [3.8, 4) is 5.75 Å². The molecule has 0 unspecified atom stereocenters. The maximum atomic E-state index is 9.58. The van der Waals surface area contributed by atoms with Crippen LogP contribution < -0.4 is 0 Å². The molecule has 1 heteroatoms. The van der Waals surface area contributed by atoms with Gasteiger partial charge in [0, 0.05) is 0 Å². The molecule has 0 amide bonds. The van der Waals surface area contributed by atoms with Crippen LogP contribution in [0.25, 0.3) is 0 Å². The second-order valence-electron chi connectivity index (χ2n) is 5.69. The van der Waals surface area contributed by atoms with E-state index in [-0.39, 0.29) is 0 Å². The minimum Gasteiger partial charge on any atom is -0.508 e. The number of aryl methyl sites for hydroxylation is 1. The first-order chi connectivity index (χ1) is 7.77. The third-order valence-corrected chi connectivity index (χ3v) is 4.59. The Morgan fingerprint density at radius 3 is 2.56 bits per heavy atom. The maximum absolute atomic E-state index is 9.58. The lowest BCUT2D eigenvalue weighted by atomic mass is 9.64. The number of hydrogen-bond donors (Lipinski definition) is 1. The summed E-state index contributed by atoms with van der Waals surface area (Å²) in [5, 5.41) is 9.58. The predicted octanol–water partition coefficient (Wildman–Crippen LogP) is 3.83. The van der Waals surface area contributed by atoms with Crippen LogP contribution in [0.4, 0.5) is 0 Å². The van der Waals surface area contributed by atoms with Gasteiger partial charge in [0.25, 0.3) is 0 Å². The van der Waals surface area contributed by atoms with E-state index in [1.165, 1.54) is 62.5 Å². The Labute approximate surface area is 97.5 Å². The van der Waals surface area contributed by atoms with Crippen molar-refractivity contribution in [1.82, 2.24) is 0 Å². The third-order valence-electron chi connectivity index (χ3n) is 4.59. The Morgan fingerprint density at radius 1 is 0.938 bits per heavy atom. The highest BCUT2D eigenvalue weighted by Gasteiger charge is 2.35. The number of hydrogen-bond acceptors (Lipinski definition) is 1. The van der Waals surface area contributed by atoms with Crippen molar-refractivity contribution in [2.75, 3.05) is 0 Å². The number of phenols is 1. The zero-order valence-electron chi connectivity index (χ0n) is 9.84. The van der Waals surface area contributed by atoms with Gasteiger partial charge in [-0.2, -0.15) is 0 Å². The van der Waals surface area contributed by atoms with Crippen molar-refractivity contribution in [2.45, 2.75) is 51.4 Å². The molecule has 1 fully saturated rings. The van der Waals surface area contributed by atoms with Crippen molar-refractivity contribution in [1.29, 1.82) is 0 Å². The Bertz CT molecular complexity index is 388. The van der Waals surface area contributed by atoms with E-state index < -0.39 is 0 Å². The summed E-state index contributed by atoms with van der Waals surface area (Å²) >= 11 is 0. The SMILES string of the molecule is Oc1ccc2c(c1)CC1(CCCCC1)CC2. The maximum Gasteiger partial charge on any atom is 0.115 e. The summed E-state index contributed by atoms with van der Waals surface area (Å²) in [5.41, 5.74) is 3.46. The first-order valence-corrected chi connectivity index (χ1v) is 6.58. The summed E-state index contributed by atoms with van der Waals surface area (Å²) in [6, 6.07) is 5.93. The van der Waals surface area contributed by atoms with Crippen LogP contribution in [-0.4, -0.2) is 5.11 Å². The monoisotopic (exact) mass is 216 g/mol. The van der Waals surface area contributed by atoms with E-state index in [2.05, 4.69) is 6.07 Å². The second kappa shape index (κ2) is 3.80. The summed E-state index contributed by atoms with van der Waals surface area (Å²) in [7, 11) is 0. The number of rotatable bonds is 0. The Kier molecular flexibility index (Phi) is 2.42. The normalized spacial score (nSPS) is 23.0. The van der Waals surface area contributed by atoms with Gasteiger partial charge in [-0.1, -0.05) is 25.3 Å². The fraction of sp³-hybridized carbons (Fsp3) is 0.600.